The van der Waals surface area contributed by atoms with Crippen molar-refractivity contribution in [1.29, 1.82) is 0 Å². The maximum atomic E-state index is 13.0. The highest BCUT2D eigenvalue weighted by atomic mass is 32.1. The molecule has 0 saturated heterocycles. The second-order valence-corrected chi connectivity index (χ2v) is 5.26. The van der Waals surface area contributed by atoms with Crippen LogP contribution in [0.5, 0.6) is 0 Å². The molecule has 1 aromatic carbocycles. The molecule has 1 aromatic heterocycles. The number of amides is 1. The number of halogens is 3. The summed E-state index contributed by atoms with van der Waals surface area (Å²) in [6.45, 7) is 0. The molecule has 3 nitrogen and oxygen atoms in total. The maximum Gasteiger partial charge on any atom is 0.435 e. The Morgan fingerprint density at radius 2 is 1.80 bits per heavy atom. The second kappa shape index (κ2) is 5.24. The summed E-state index contributed by atoms with van der Waals surface area (Å²) in [6, 6.07) is 8.48. The largest absolute Gasteiger partial charge is 0.435 e. The first-order valence-electron chi connectivity index (χ1n) is 5.66. The minimum Gasteiger partial charge on any atom is -0.344 e. The summed E-state index contributed by atoms with van der Waals surface area (Å²) in [7, 11) is 2.81. The molecule has 0 spiro atoms. The van der Waals surface area contributed by atoms with Crippen molar-refractivity contribution >= 4 is 17.2 Å². The van der Waals surface area contributed by atoms with Gasteiger partial charge in [-0.25, -0.2) is 4.98 Å². The molecule has 20 heavy (non-hydrogen) atoms. The van der Waals surface area contributed by atoms with E-state index in [2.05, 4.69) is 4.98 Å². The van der Waals surface area contributed by atoms with E-state index in [-0.39, 0.29) is 9.88 Å². The number of aromatic nitrogens is 1. The number of hydrogen-bond acceptors (Lipinski definition) is 3. The third kappa shape index (κ3) is 2.82. The Morgan fingerprint density at radius 1 is 1.20 bits per heavy atom. The van der Waals surface area contributed by atoms with Crippen LogP contribution in [0.25, 0.3) is 10.6 Å². The Kier molecular flexibility index (Phi) is 3.80. The fourth-order valence-corrected chi connectivity index (χ4v) is 2.68. The van der Waals surface area contributed by atoms with Gasteiger partial charge in [-0.05, 0) is 0 Å². The van der Waals surface area contributed by atoms with Gasteiger partial charge in [-0.3, -0.25) is 4.79 Å². The van der Waals surface area contributed by atoms with Crippen LogP contribution in [0.15, 0.2) is 30.3 Å². The summed E-state index contributed by atoms with van der Waals surface area (Å²) in [6.07, 6.45) is -4.65. The smallest absolute Gasteiger partial charge is 0.344 e. The lowest BCUT2D eigenvalue weighted by Gasteiger charge is -2.10. The van der Waals surface area contributed by atoms with E-state index in [1.165, 1.54) is 14.1 Å². The van der Waals surface area contributed by atoms with Crippen LogP contribution in [-0.2, 0) is 6.18 Å². The molecule has 0 N–H and O–H groups in total. The van der Waals surface area contributed by atoms with Crippen molar-refractivity contribution in [2.24, 2.45) is 0 Å². The molecular weight excluding hydrogens is 289 g/mol. The van der Waals surface area contributed by atoms with Gasteiger partial charge in [0.05, 0.1) is 0 Å². The van der Waals surface area contributed by atoms with Gasteiger partial charge in [-0.15, -0.1) is 11.3 Å². The van der Waals surface area contributed by atoms with E-state index in [1.54, 1.807) is 30.3 Å². The van der Waals surface area contributed by atoms with E-state index in [0.717, 1.165) is 16.2 Å². The van der Waals surface area contributed by atoms with Crippen LogP contribution < -0.4 is 0 Å². The molecule has 7 heteroatoms. The van der Waals surface area contributed by atoms with Crippen LogP contribution in [0.3, 0.4) is 0 Å². The summed E-state index contributed by atoms with van der Waals surface area (Å²) >= 11 is 0.754. The van der Waals surface area contributed by atoms with Gasteiger partial charge in [-0.2, -0.15) is 13.2 Å². The number of benzene rings is 1. The molecular formula is C13H11F3N2OS. The van der Waals surface area contributed by atoms with Crippen molar-refractivity contribution in [3.8, 4) is 10.6 Å². The molecule has 0 bridgehead atoms. The Morgan fingerprint density at radius 3 is 2.30 bits per heavy atom. The first-order valence-corrected chi connectivity index (χ1v) is 6.47. The van der Waals surface area contributed by atoms with Crippen LogP contribution in [0, 0.1) is 0 Å². The topological polar surface area (TPSA) is 33.2 Å². The first kappa shape index (κ1) is 14.5. The third-order valence-electron chi connectivity index (χ3n) is 2.52. The van der Waals surface area contributed by atoms with Crippen molar-refractivity contribution < 1.29 is 18.0 Å². The average Bonchev–Trinajstić information content (AvgIpc) is 2.83. The van der Waals surface area contributed by atoms with Gasteiger partial charge < -0.3 is 4.90 Å². The van der Waals surface area contributed by atoms with Crippen molar-refractivity contribution in [3.63, 3.8) is 0 Å². The van der Waals surface area contributed by atoms with Crippen LogP contribution in [0.4, 0.5) is 13.2 Å². The number of nitrogens with zero attached hydrogens (tertiary/aromatic N) is 2. The third-order valence-corrected chi connectivity index (χ3v) is 3.61. The molecule has 0 aliphatic carbocycles. The zero-order valence-corrected chi connectivity index (χ0v) is 11.5. The number of carbonyl (C=O) groups is 1. The van der Waals surface area contributed by atoms with Crippen LogP contribution in [-0.4, -0.2) is 29.9 Å². The van der Waals surface area contributed by atoms with Crippen molar-refractivity contribution in [2.75, 3.05) is 14.1 Å². The highest BCUT2D eigenvalue weighted by Gasteiger charge is 2.40. The molecule has 0 aliphatic rings. The highest BCUT2D eigenvalue weighted by Crippen LogP contribution is 2.38. The van der Waals surface area contributed by atoms with E-state index < -0.39 is 17.8 Å². The van der Waals surface area contributed by atoms with Crippen LogP contribution in [0.1, 0.15) is 15.4 Å². The first-order chi connectivity index (χ1) is 9.30. The van der Waals surface area contributed by atoms with Gasteiger partial charge >= 0.3 is 6.18 Å². The Hall–Kier alpha value is -1.89. The van der Waals surface area contributed by atoms with Gasteiger partial charge in [0, 0.05) is 19.7 Å². The predicted molar refractivity (Wildman–Crippen MR) is 70.6 cm³/mol. The van der Waals surface area contributed by atoms with E-state index in [1.807, 2.05) is 0 Å². The molecule has 0 atom stereocenters. The maximum absolute atomic E-state index is 13.0. The van der Waals surface area contributed by atoms with Crippen LogP contribution in [0.2, 0.25) is 0 Å². The summed E-state index contributed by atoms with van der Waals surface area (Å²) in [5.41, 5.74) is -0.569. The second-order valence-electron chi connectivity index (χ2n) is 4.26. The van der Waals surface area contributed by atoms with Crippen LogP contribution >= 0.6 is 11.3 Å². The predicted octanol–water partition coefficient (Wildman–Crippen LogP) is 3.53. The highest BCUT2D eigenvalue weighted by molar-refractivity contribution is 7.17. The summed E-state index contributed by atoms with van der Waals surface area (Å²) in [4.78, 5) is 16.2. The lowest BCUT2D eigenvalue weighted by Crippen LogP contribution is -2.23. The fraction of sp³-hybridized carbons (Fsp3) is 0.231. The molecule has 0 unspecified atom stereocenters. The van der Waals surface area contributed by atoms with Crippen molar-refractivity contribution in [1.82, 2.24) is 9.88 Å². The average molecular weight is 300 g/mol. The molecule has 2 aromatic rings. The van der Waals surface area contributed by atoms with Gasteiger partial charge in [-0.1, -0.05) is 30.3 Å². The molecule has 0 saturated carbocycles. The molecule has 0 radical (unpaired) electrons. The van der Waals surface area contributed by atoms with Gasteiger partial charge in [0.2, 0.25) is 0 Å². The van der Waals surface area contributed by atoms with Gasteiger partial charge in [0.1, 0.15) is 9.88 Å². The Labute approximate surface area is 117 Å². The number of carbonyl (C=O) groups excluding carboxylic acids is 1. The fourth-order valence-electron chi connectivity index (χ4n) is 1.56. The Bertz CT molecular complexity index is 620. The lowest BCUT2D eigenvalue weighted by atomic mass is 10.2. The molecule has 106 valence electrons. The zero-order valence-electron chi connectivity index (χ0n) is 10.7. The van der Waals surface area contributed by atoms with E-state index >= 15 is 0 Å². The molecule has 0 fully saturated rings. The number of hydrogen-bond donors (Lipinski definition) is 0. The minimum atomic E-state index is -4.65. The van der Waals surface area contributed by atoms with Gasteiger partial charge in [0.15, 0.2) is 5.69 Å². The van der Waals surface area contributed by atoms with E-state index in [9.17, 15) is 18.0 Å². The van der Waals surface area contributed by atoms with E-state index in [4.69, 9.17) is 0 Å². The zero-order chi connectivity index (χ0) is 14.9. The summed E-state index contributed by atoms with van der Waals surface area (Å²) in [5.74, 6) is -0.697. The van der Waals surface area contributed by atoms with Crippen molar-refractivity contribution in [3.05, 3.63) is 40.9 Å². The summed E-state index contributed by atoms with van der Waals surface area (Å²) < 4.78 is 38.9. The monoisotopic (exact) mass is 300 g/mol. The normalized spacial score (nSPS) is 11.4. The molecule has 0 aliphatic heterocycles. The molecule has 2 rings (SSSR count). The van der Waals surface area contributed by atoms with E-state index in [0.29, 0.717) is 5.56 Å². The minimum absolute atomic E-state index is 0.183. The standard InChI is InChI=1S/C13H11F3N2OS/c1-18(2)12(19)9-10(13(14,15)16)17-11(20-9)8-6-4-3-5-7-8/h3-7H,1-2H3. The van der Waals surface area contributed by atoms with Crippen molar-refractivity contribution in [2.45, 2.75) is 6.18 Å². The molecule has 1 heterocycles. The number of alkyl halides is 3. The molecule has 1 amide bonds. The lowest BCUT2D eigenvalue weighted by molar-refractivity contribution is -0.141. The van der Waals surface area contributed by atoms with Gasteiger partial charge in [0.25, 0.3) is 5.91 Å². The SMILES string of the molecule is CN(C)C(=O)c1sc(-c2ccccc2)nc1C(F)(F)F. The summed E-state index contributed by atoms with van der Waals surface area (Å²) in [5, 5.41) is 0.183. The quantitative estimate of drug-likeness (QED) is 0.850. The number of thiazole rings is 1. The Balaban J connectivity index is 2.56. The number of rotatable bonds is 2.